The number of benzene rings is 1. The fourth-order valence-corrected chi connectivity index (χ4v) is 2.20. The first-order valence-electron chi connectivity index (χ1n) is 6.09. The standard InChI is InChI=1S/C14H10FN3O3/c1-7-11-12(19)10(14(20)21)6-16-13(11)18(17-7)9-4-2-8(15)3-5-9/h2-6H,1H3,(H,16,19)(H,20,21). The predicted molar refractivity (Wildman–Crippen MR) is 73.3 cm³/mol. The number of carbonyl (C=O) groups is 1. The number of aromatic amines is 1. The van der Waals surface area contributed by atoms with Crippen LogP contribution in [0.25, 0.3) is 16.7 Å². The molecule has 106 valence electrons. The van der Waals surface area contributed by atoms with Crippen LogP contribution in [0.1, 0.15) is 16.1 Å². The summed E-state index contributed by atoms with van der Waals surface area (Å²) >= 11 is 0. The van der Waals surface area contributed by atoms with Crippen molar-refractivity contribution in [2.45, 2.75) is 6.92 Å². The largest absolute Gasteiger partial charge is 0.477 e. The third-order valence-electron chi connectivity index (χ3n) is 3.19. The number of halogens is 1. The van der Waals surface area contributed by atoms with Crippen LogP contribution in [0.15, 0.2) is 35.3 Å². The van der Waals surface area contributed by atoms with E-state index in [1.165, 1.54) is 28.9 Å². The van der Waals surface area contributed by atoms with Crippen molar-refractivity contribution in [3.63, 3.8) is 0 Å². The summed E-state index contributed by atoms with van der Waals surface area (Å²) in [7, 11) is 0. The molecule has 0 atom stereocenters. The Labute approximate surface area is 117 Å². The molecule has 0 unspecified atom stereocenters. The van der Waals surface area contributed by atoms with Crippen LogP contribution < -0.4 is 5.43 Å². The van der Waals surface area contributed by atoms with Crippen LogP contribution in [0.3, 0.4) is 0 Å². The smallest absolute Gasteiger partial charge is 0.341 e. The molecule has 0 radical (unpaired) electrons. The highest BCUT2D eigenvalue weighted by atomic mass is 19.1. The molecule has 2 aromatic heterocycles. The van der Waals surface area contributed by atoms with Gasteiger partial charge >= 0.3 is 5.97 Å². The van der Waals surface area contributed by atoms with Crippen LogP contribution in [0.5, 0.6) is 0 Å². The minimum absolute atomic E-state index is 0.208. The molecule has 0 aliphatic carbocycles. The van der Waals surface area contributed by atoms with Gasteiger partial charge in [-0.25, -0.2) is 13.9 Å². The van der Waals surface area contributed by atoms with Gasteiger partial charge in [-0.1, -0.05) is 0 Å². The quantitative estimate of drug-likeness (QED) is 0.753. The predicted octanol–water partition coefficient (Wildman–Crippen LogP) is 1.86. The summed E-state index contributed by atoms with van der Waals surface area (Å²) in [5, 5.41) is 13.4. The Hall–Kier alpha value is -2.96. The highest BCUT2D eigenvalue weighted by Gasteiger charge is 2.18. The van der Waals surface area contributed by atoms with Gasteiger partial charge in [-0.2, -0.15) is 5.10 Å². The molecular weight excluding hydrogens is 277 g/mol. The van der Waals surface area contributed by atoms with Gasteiger partial charge in [0.05, 0.1) is 16.8 Å². The van der Waals surface area contributed by atoms with Crippen molar-refractivity contribution >= 4 is 17.0 Å². The lowest BCUT2D eigenvalue weighted by Gasteiger charge is -2.03. The van der Waals surface area contributed by atoms with Gasteiger partial charge in [0.15, 0.2) is 0 Å². The lowest BCUT2D eigenvalue weighted by Crippen LogP contribution is -2.15. The second kappa shape index (κ2) is 4.55. The highest BCUT2D eigenvalue weighted by Crippen LogP contribution is 2.18. The Morgan fingerprint density at radius 1 is 1.33 bits per heavy atom. The third-order valence-corrected chi connectivity index (χ3v) is 3.19. The summed E-state index contributed by atoms with van der Waals surface area (Å²) in [4.78, 5) is 25.9. The molecule has 6 nitrogen and oxygen atoms in total. The summed E-state index contributed by atoms with van der Waals surface area (Å²) < 4.78 is 14.4. The van der Waals surface area contributed by atoms with E-state index in [1.54, 1.807) is 6.92 Å². The van der Waals surface area contributed by atoms with Crippen molar-refractivity contribution in [3.8, 4) is 5.69 Å². The molecule has 0 saturated heterocycles. The van der Waals surface area contributed by atoms with Gasteiger partial charge in [0.1, 0.15) is 17.0 Å². The maximum atomic E-state index is 13.0. The number of aryl methyl sites for hydroxylation is 1. The van der Waals surface area contributed by atoms with E-state index in [1.807, 2.05) is 0 Å². The van der Waals surface area contributed by atoms with E-state index in [2.05, 4.69) is 10.1 Å². The van der Waals surface area contributed by atoms with Gasteiger partial charge in [0, 0.05) is 6.20 Å². The van der Waals surface area contributed by atoms with Crippen LogP contribution in [0, 0.1) is 12.7 Å². The first-order chi connectivity index (χ1) is 9.99. The molecule has 21 heavy (non-hydrogen) atoms. The molecule has 0 aliphatic rings. The van der Waals surface area contributed by atoms with Gasteiger partial charge in [-0.15, -0.1) is 0 Å². The number of aromatic nitrogens is 3. The van der Waals surface area contributed by atoms with E-state index in [4.69, 9.17) is 5.11 Å². The number of carboxylic acids is 1. The summed E-state index contributed by atoms with van der Waals surface area (Å²) in [6, 6.07) is 5.60. The normalized spacial score (nSPS) is 11.0. The Bertz CT molecular complexity index is 910. The number of fused-ring (bicyclic) bond motifs is 1. The molecule has 2 heterocycles. The van der Waals surface area contributed by atoms with Gasteiger partial charge in [-0.05, 0) is 31.2 Å². The molecule has 3 rings (SSSR count). The lowest BCUT2D eigenvalue weighted by molar-refractivity contribution is 0.0695. The van der Waals surface area contributed by atoms with Gasteiger partial charge < -0.3 is 10.1 Å². The van der Waals surface area contributed by atoms with E-state index in [-0.39, 0.29) is 16.8 Å². The molecule has 7 heteroatoms. The minimum atomic E-state index is -1.30. The average molecular weight is 287 g/mol. The SMILES string of the molecule is Cc1nn(-c2ccc(F)cc2)c2[nH]cc(C(=O)O)c(=O)c12. The zero-order valence-electron chi connectivity index (χ0n) is 10.9. The molecular formula is C14H10FN3O3. The molecule has 1 aromatic carbocycles. The van der Waals surface area contributed by atoms with Crippen molar-refractivity contribution in [2.75, 3.05) is 0 Å². The monoisotopic (exact) mass is 287 g/mol. The molecule has 0 fully saturated rings. The molecule has 0 saturated carbocycles. The van der Waals surface area contributed by atoms with E-state index in [9.17, 15) is 14.0 Å². The Morgan fingerprint density at radius 2 is 2.00 bits per heavy atom. The topological polar surface area (TPSA) is 88.0 Å². The van der Waals surface area contributed by atoms with E-state index in [0.717, 1.165) is 6.20 Å². The van der Waals surface area contributed by atoms with Gasteiger partial charge in [0.2, 0.25) is 5.43 Å². The van der Waals surface area contributed by atoms with Gasteiger partial charge in [0.25, 0.3) is 0 Å². The van der Waals surface area contributed by atoms with Crippen molar-refractivity contribution in [1.29, 1.82) is 0 Å². The second-order valence-electron chi connectivity index (χ2n) is 4.53. The number of hydrogen-bond donors (Lipinski definition) is 2. The maximum Gasteiger partial charge on any atom is 0.341 e. The molecule has 0 amide bonds. The Kier molecular flexibility index (Phi) is 2.83. The second-order valence-corrected chi connectivity index (χ2v) is 4.53. The van der Waals surface area contributed by atoms with E-state index >= 15 is 0 Å². The van der Waals surface area contributed by atoms with Crippen LogP contribution in [0.2, 0.25) is 0 Å². The van der Waals surface area contributed by atoms with Crippen molar-refractivity contribution in [3.05, 3.63) is 57.8 Å². The fraction of sp³-hybridized carbons (Fsp3) is 0.0714. The number of carboxylic acid groups (broad SMARTS) is 1. The van der Waals surface area contributed by atoms with Crippen LogP contribution in [-0.2, 0) is 0 Å². The zero-order chi connectivity index (χ0) is 15.1. The van der Waals surface area contributed by atoms with Crippen molar-refractivity contribution in [2.24, 2.45) is 0 Å². The number of aromatic carboxylic acids is 1. The first kappa shape index (κ1) is 13.0. The van der Waals surface area contributed by atoms with E-state index in [0.29, 0.717) is 17.0 Å². The number of nitrogens with zero attached hydrogens (tertiary/aromatic N) is 2. The van der Waals surface area contributed by atoms with Crippen molar-refractivity contribution < 1.29 is 14.3 Å². The number of rotatable bonds is 2. The minimum Gasteiger partial charge on any atom is -0.477 e. The molecule has 0 spiro atoms. The summed E-state index contributed by atoms with van der Waals surface area (Å²) in [6.07, 6.45) is 1.13. The number of pyridine rings is 1. The van der Waals surface area contributed by atoms with Gasteiger partial charge in [-0.3, -0.25) is 4.79 Å². The van der Waals surface area contributed by atoms with Crippen LogP contribution in [0.4, 0.5) is 4.39 Å². The number of nitrogens with one attached hydrogen (secondary N) is 1. The molecule has 2 N–H and O–H groups in total. The third kappa shape index (κ3) is 1.99. The lowest BCUT2D eigenvalue weighted by atomic mass is 10.2. The Balaban J connectivity index is 2.32. The van der Waals surface area contributed by atoms with E-state index < -0.39 is 11.4 Å². The molecule has 0 bridgehead atoms. The summed E-state index contributed by atoms with van der Waals surface area (Å²) in [5.74, 6) is -1.68. The summed E-state index contributed by atoms with van der Waals surface area (Å²) in [5.41, 5.74) is 0.396. The van der Waals surface area contributed by atoms with Crippen LogP contribution >= 0.6 is 0 Å². The first-order valence-corrected chi connectivity index (χ1v) is 6.09. The Morgan fingerprint density at radius 3 is 2.62 bits per heavy atom. The van der Waals surface area contributed by atoms with Crippen LogP contribution in [-0.4, -0.2) is 25.8 Å². The fourth-order valence-electron chi connectivity index (χ4n) is 2.20. The number of H-pyrrole nitrogens is 1. The maximum absolute atomic E-state index is 13.0. The zero-order valence-corrected chi connectivity index (χ0v) is 10.9. The average Bonchev–Trinajstić information content (AvgIpc) is 2.78. The molecule has 0 aliphatic heterocycles. The van der Waals surface area contributed by atoms with Crippen molar-refractivity contribution in [1.82, 2.24) is 14.8 Å². The summed E-state index contributed by atoms with van der Waals surface area (Å²) in [6.45, 7) is 1.61. The molecule has 3 aromatic rings. The number of hydrogen-bond acceptors (Lipinski definition) is 3. The highest BCUT2D eigenvalue weighted by molar-refractivity contribution is 5.92.